The van der Waals surface area contributed by atoms with Crippen molar-refractivity contribution in [1.82, 2.24) is 9.97 Å². The summed E-state index contributed by atoms with van der Waals surface area (Å²) < 4.78 is 4.97. The van der Waals surface area contributed by atoms with Gasteiger partial charge in [0.2, 0.25) is 0 Å². The van der Waals surface area contributed by atoms with Gasteiger partial charge in [-0.1, -0.05) is 7.74 Å². The van der Waals surface area contributed by atoms with Gasteiger partial charge in [0.1, 0.15) is 32.7 Å². The molecule has 0 aliphatic carbocycles. The number of nitrogens with zero attached hydrogens (tertiary/aromatic N) is 4. The van der Waals surface area contributed by atoms with Gasteiger partial charge in [0.15, 0.2) is 0 Å². The van der Waals surface area contributed by atoms with E-state index in [0.717, 1.165) is 25.6 Å². The van der Waals surface area contributed by atoms with Crippen molar-refractivity contribution < 1.29 is 29.3 Å². The second-order valence-corrected chi connectivity index (χ2v) is 39.1. The zero-order valence-corrected chi connectivity index (χ0v) is 85.0. The molecule has 147 heavy (non-hydrogen) atoms. The van der Waals surface area contributed by atoms with Crippen molar-refractivity contribution in [3.8, 4) is 0 Å². The van der Waals surface area contributed by atoms with Crippen molar-refractivity contribution in [3.05, 3.63) is 65.1 Å². The summed E-state index contributed by atoms with van der Waals surface area (Å²) in [5.74, 6) is -2.12. The fourth-order valence-corrected chi connectivity index (χ4v) is 22.6. The fraction of sp³-hybridized carbons (Fsp3) is 0.0769. The Labute approximate surface area is 1010 Å². The first-order valence-electron chi connectivity index (χ1n) is 45.5. The topological polar surface area (TPSA) is 176 Å². The lowest BCUT2D eigenvalue weighted by Crippen LogP contribution is -2.97. The van der Waals surface area contributed by atoms with Crippen LogP contribution in [0.3, 0.4) is 0 Å². The molecule has 1 N–H and O–H groups in total. The Bertz CT molecular complexity index is 3500. The summed E-state index contributed by atoms with van der Waals surface area (Å²) in [7, 11) is 404. The molecule has 134 heteroatoms. The summed E-state index contributed by atoms with van der Waals surface area (Å²) in [6.07, 6.45) is -78.4. The van der Waals surface area contributed by atoms with E-state index >= 15 is 0 Å². The van der Waals surface area contributed by atoms with E-state index in [1.165, 1.54) is 6.07 Å². The van der Waals surface area contributed by atoms with Crippen LogP contribution in [0.25, 0.3) is 0 Å². The van der Waals surface area contributed by atoms with Crippen LogP contribution in [0.4, 0.5) is 11.4 Å². The first kappa shape index (κ1) is 154. The number of aromatic carboxylic acids is 1. The predicted molar refractivity (Wildman–Crippen MR) is 790 cm³/mol. The van der Waals surface area contributed by atoms with Crippen LogP contribution in [0.15, 0.2) is 33.7 Å². The molecule has 12 nitrogen and oxygen atoms in total. The third-order valence-electron chi connectivity index (χ3n) is 27.4. The molecule has 0 unspecified atom stereocenters. The molecule has 0 spiro atoms. The molecule has 0 amide bonds. The Hall–Kier alpha value is 4.79. The maximum atomic E-state index is 11.1. The van der Waals surface area contributed by atoms with Crippen molar-refractivity contribution in [3.63, 3.8) is 0 Å². The number of carboxylic acids is 1. The fourth-order valence-electron chi connectivity index (χ4n) is 22.0. The lowest BCUT2D eigenvalue weighted by Gasteiger charge is -2.59. The number of rotatable bonds is 60. The Kier molecular flexibility index (Phi) is 76.0. The van der Waals surface area contributed by atoms with Crippen molar-refractivity contribution in [2.75, 3.05) is 7.11 Å². The molecule has 0 aromatic carbocycles. The van der Waals surface area contributed by atoms with E-state index in [1.807, 2.05) is 0 Å². The minimum Gasteiger partial charge on any atom is -0.477 e. The molecule has 0 atom stereocenters. The monoisotopic (exact) mass is 1830 g/mol. The molecule has 2 aromatic rings. The average Bonchev–Trinajstić information content (AvgIpc) is 0.727. The number of carbonyl (C=O) groups is 2. The Morgan fingerprint density at radius 2 is 0.374 bits per heavy atom. The zero-order valence-electron chi connectivity index (χ0n) is 81.9. The Balaban J connectivity index is 0. The molecule has 0 aliphatic heterocycles. The number of hydrogen-bond donors (Lipinski definition) is 1. The average molecular weight is 1810 g/mol. The smallest absolute Gasteiger partial charge is 0.345 e. The van der Waals surface area contributed by atoms with E-state index in [9.17, 15) is 29.8 Å². The molecule has 0 saturated heterocycles. The van der Waals surface area contributed by atoms with E-state index in [1.54, 1.807) is 0 Å². The van der Waals surface area contributed by atoms with Crippen LogP contribution in [-0.2, 0) is 4.74 Å². The maximum absolute atomic E-state index is 11.1. The number of nitro groups is 2. The van der Waals surface area contributed by atoms with Gasteiger partial charge in [-0.2, -0.15) is 0 Å². The minimum absolute atomic E-state index is 0.126. The number of ether oxygens (including phenoxy) is 1. The highest BCUT2D eigenvalue weighted by Gasteiger charge is 2.66. The van der Waals surface area contributed by atoms with Crippen molar-refractivity contribution in [2.24, 2.45) is 0 Å². The predicted octanol–water partition coefficient (Wildman–Crippen LogP) is -43.5. The summed E-state index contributed by atoms with van der Waals surface area (Å²) in [4.78, 5) is 48.2. The number of hydrogen-bond acceptors (Lipinski definition) is 9. The Morgan fingerprint density at radius 1 is 0.245 bits per heavy atom. The number of methoxy groups -OCH3 is 1. The van der Waals surface area contributed by atoms with Gasteiger partial charge in [-0.25, -0.2) is 19.6 Å². The van der Waals surface area contributed by atoms with Gasteiger partial charge in [0.05, 0.1) is 17.0 Å². The second-order valence-electron chi connectivity index (χ2n) is 37.5. The second kappa shape index (κ2) is 72.7. The van der Waals surface area contributed by atoms with Crippen LogP contribution in [-0.4, -0.2) is 894 Å². The van der Waals surface area contributed by atoms with Gasteiger partial charge < -0.3 is 9.84 Å². The molecule has 0 bridgehead atoms. The molecule has 2 rings (SSSR count). The summed E-state index contributed by atoms with van der Waals surface area (Å²) in [5, 5.41) is 29.4. The molecule has 2 aromatic heterocycles. The van der Waals surface area contributed by atoms with Gasteiger partial charge in [0, 0.05) is 425 Å². The summed E-state index contributed by atoms with van der Waals surface area (Å²) in [5.41, 5.74) is -1.40. The highest BCUT2D eigenvalue weighted by Crippen LogP contribution is 2.30. The number of aromatic nitrogens is 2. The van der Waals surface area contributed by atoms with Crippen molar-refractivity contribution in [1.29, 1.82) is 0 Å². The largest absolute Gasteiger partial charge is 0.477 e. The molecule has 506 valence electrons. The first-order valence-corrected chi connectivity index (χ1v) is 47.1. The van der Waals surface area contributed by atoms with Gasteiger partial charge in [-0.05, 0) is 455 Å². The number of carboxylic acid groups (broad SMARTS) is 1. The van der Waals surface area contributed by atoms with E-state index < -0.39 is 406 Å². The van der Waals surface area contributed by atoms with E-state index in [-0.39, 0.29) is 21.4 Å². The van der Waals surface area contributed by atoms with Crippen LogP contribution >= 0.6 is 31.9 Å². The van der Waals surface area contributed by atoms with Crippen molar-refractivity contribution >= 4 is 905 Å². The molecule has 0 fully saturated rings. The number of pyridine rings is 2. The standard InChI is InChI=1S/C7H5BrN2O4.C6H3BrN2O4.B60H3.B60/c1-14-7(11)4-2-6(8)9-3-5(4)10(12)13;7-5-1-3(6(10)11)4(2-8-5)9(12)13;2*1-32(2)47(31)55(48(33(3)4)34(5)6)59(56(49(35(7)8)36(9)10)50(37(11)12)38(13)14)60(57(51(39(15)16)40(17)18)52(41(19)20)42(21)22)58(53(43(23)24)44(25)26)54(45(27)28)46(29)30/h2-3H,1H3;1-2H,(H,10,11);1H3;/q;;-1;. The van der Waals surface area contributed by atoms with Gasteiger partial charge in [0.25, 0.3) is 0 Å². The lowest BCUT2D eigenvalue weighted by molar-refractivity contribution is -0.385. The summed E-state index contributed by atoms with van der Waals surface area (Å²) >= 11 is 5.92. The highest BCUT2D eigenvalue weighted by atomic mass is 79.9. The van der Waals surface area contributed by atoms with Gasteiger partial charge in [-0.3, -0.25) is 20.2 Å². The van der Waals surface area contributed by atoms with Gasteiger partial charge >= 0.3 is 23.3 Å². The van der Waals surface area contributed by atoms with E-state index in [0.29, 0.717) is 4.60 Å². The first-order chi connectivity index (χ1) is 67.0. The van der Waals surface area contributed by atoms with Crippen LogP contribution in [0.5, 0.6) is 0 Å². The highest BCUT2D eigenvalue weighted by molar-refractivity contribution is 9.10. The number of halogens is 2. The molecule has 2 heterocycles. The van der Waals surface area contributed by atoms with Crippen molar-refractivity contribution in [2.45, 2.75) is 0 Å². The zero-order chi connectivity index (χ0) is 116. The SMILES string of the molecule is COC(=O)c1cc(Br)ncc1[N+](=O)[O-].O=C(O)c1cc(Br)ncc1[N+](=O)[O-].[B]B([B])B(B([B])[B])B(B([B])B([B])[BH3-])B(B(B(B([B])[B])B([B])[B])B(B([B])[B])B([B])[B])B(B(B(B([B])[B])B([B])[B])B(B([B])[B])B([B])[B])B(B(B([B])[B])B([B])[B])B(B([B])[B])B([B])[B].[B]B([B])B([B])B(B(B([B])[B])B([B])[B])B(B(B(B([B])[B])B([B])[B])B(B([B])[B])B([B])[B])B(B(B(B([B])[B])B([B])[B])B(B([B])[B])B([B])[B])B(B(B([B])[B])B([B])[B])B(B([B])[B])B([B])[B]. The Morgan fingerprint density at radius 3 is 0.503 bits per heavy atom. The van der Waals surface area contributed by atoms with E-state index in [4.69, 9.17) is 477 Å². The summed E-state index contributed by atoms with van der Waals surface area (Å²) in [6, 6.07) is 2.32. The third kappa shape index (κ3) is 44.9. The molecular weight excluding hydrogens is 1800 g/mol. The van der Waals surface area contributed by atoms with Crippen LogP contribution < -0.4 is 0 Å². The number of esters is 1. The molecule has 0 saturated carbocycles. The normalized spacial score (nSPS) is 9.71. The third-order valence-corrected chi connectivity index (χ3v) is 28.3. The van der Waals surface area contributed by atoms with Crippen LogP contribution in [0.2, 0.25) is 0 Å². The van der Waals surface area contributed by atoms with Crippen LogP contribution in [0.1, 0.15) is 20.7 Å². The molecule has 0 aliphatic rings. The molecule has 122 radical (unpaired) electrons. The lowest BCUT2D eigenvalue weighted by atomic mass is 8.23. The quantitative estimate of drug-likeness (QED) is 0.0221. The maximum Gasteiger partial charge on any atom is 0.345 e. The van der Waals surface area contributed by atoms with Gasteiger partial charge in [-0.15, -0.1) is 6.39 Å². The minimum atomic E-state index is -1.52. The summed E-state index contributed by atoms with van der Waals surface area (Å²) in [6.45, 7) is 0. The van der Waals surface area contributed by atoms with Crippen LogP contribution in [0, 0.1) is 20.2 Å². The number of carbonyl (C=O) groups excluding carboxylic acids is 1. The van der Waals surface area contributed by atoms with E-state index in [2.05, 4.69) is 46.6 Å². The molecular formula is C13H11B120Br2N4O8-.